The highest BCUT2D eigenvalue weighted by molar-refractivity contribution is 5.67. The smallest absolute Gasteiger partial charge is 0.165 e. The second-order valence-electron chi connectivity index (χ2n) is 3.41. The molecule has 0 spiro atoms. The minimum absolute atomic E-state index is 0.0627. The van der Waals surface area contributed by atoms with Gasteiger partial charge in [0.15, 0.2) is 11.6 Å². The number of aromatic nitrogens is 1. The first kappa shape index (κ1) is 9.65. The van der Waals surface area contributed by atoms with E-state index in [-0.39, 0.29) is 5.82 Å². The van der Waals surface area contributed by atoms with Crippen LogP contribution in [0.4, 0.5) is 10.2 Å². The van der Waals surface area contributed by atoms with Crippen molar-refractivity contribution in [2.24, 2.45) is 0 Å². The highest BCUT2D eigenvalue weighted by Crippen LogP contribution is 2.23. The Hall–Kier alpha value is -1.90. The fraction of sp³-hybridized carbons (Fsp3) is 0.0833. The van der Waals surface area contributed by atoms with Crippen LogP contribution in [0.5, 0.6) is 0 Å². The van der Waals surface area contributed by atoms with Gasteiger partial charge in [-0.05, 0) is 24.1 Å². The zero-order chi connectivity index (χ0) is 10.8. The van der Waals surface area contributed by atoms with E-state index in [0.29, 0.717) is 0 Å². The summed E-state index contributed by atoms with van der Waals surface area (Å²) in [6, 6.07) is 9.17. The zero-order valence-electron chi connectivity index (χ0n) is 8.37. The van der Waals surface area contributed by atoms with Crippen LogP contribution in [0.25, 0.3) is 11.1 Å². The Morgan fingerprint density at radius 1 is 1.27 bits per heavy atom. The Balaban J connectivity index is 2.55. The Bertz CT molecular complexity index is 495. The van der Waals surface area contributed by atoms with E-state index >= 15 is 0 Å². The maximum atomic E-state index is 13.2. The largest absolute Gasteiger partial charge is 0.381 e. The number of anilines is 1. The van der Waals surface area contributed by atoms with Crippen molar-refractivity contribution in [1.82, 2.24) is 4.98 Å². The van der Waals surface area contributed by atoms with E-state index in [2.05, 4.69) is 4.98 Å². The number of aryl methyl sites for hydroxylation is 1. The molecule has 2 N–H and O–H groups in total. The van der Waals surface area contributed by atoms with Crippen molar-refractivity contribution in [3.63, 3.8) is 0 Å². The molecule has 0 aliphatic heterocycles. The van der Waals surface area contributed by atoms with Crippen LogP contribution >= 0.6 is 0 Å². The summed E-state index contributed by atoms with van der Waals surface area (Å²) in [5.41, 5.74) is 8.13. The highest BCUT2D eigenvalue weighted by Gasteiger charge is 2.05. The third-order valence-corrected chi connectivity index (χ3v) is 2.33. The van der Waals surface area contributed by atoms with Crippen molar-refractivity contribution >= 4 is 5.82 Å². The number of hydrogen-bond donors (Lipinski definition) is 1. The molecule has 2 aromatic rings. The molecule has 0 unspecified atom stereocenters. The molecule has 0 saturated heterocycles. The lowest BCUT2D eigenvalue weighted by molar-refractivity contribution is 0.628. The SMILES string of the molecule is Cc1ccccc1-c1cnc(N)c(F)c1. The molecule has 2 nitrogen and oxygen atoms in total. The van der Waals surface area contributed by atoms with Crippen LogP contribution in [-0.4, -0.2) is 4.98 Å². The number of benzene rings is 1. The van der Waals surface area contributed by atoms with Gasteiger partial charge in [0.05, 0.1) is 0 Å². The second-order valence-corrected chi connectivity index (χ2v) is 3.41. The molecule has 3 heteroatoms. The number of nitrogen functional groups attached to an aromatic ring is 1. The molecule has 15 heavy (non-hydrogen) atoms. The average molecular weight is 202 g/mol. The van der Waals surface area contributed by atoms with Gasteiger partial charge in [0, 0.05) is 11.8 Å². The van der Waals surface area contributed by atoms with Gasteiger partial charge in [-0.15, -0.1) is 0 Å². The molecule has 0 aliphatic carbocycles. The molecule has 1 heterocycles. The third kappa shape index (κ3) is 1.81. The first-order valence-corrected chi connectivity index (χ1v) is 4.65. The van der Waals surface area contributed by atoms with Gasteiger partial charge in [-0.2, -0.15) is 0 Å². The Morgan fingerprint density at radius 2 is 2.00 bits per heavy atom. The molecule has 0 saturated carbocycles. The van der Waals surface area contributed by atoms with Gasteiger partial charge >= 0.3 is 0 Å². The van der Waals surface area contributed by atoms with Crippen LogP contribution in [0.2, 0.25) is 0 Å². The van der Waals surface area contributed by atoms with Crippen LogP contribution in [0, 0.1) is 12.7 Å². The summed E-state index contributed by atoms with van der Waals surface area (Å²) >= 11 is 0. The molecule has 0 aliphatic rings. The molecule has 0 fully saturated rings. The van der Waals surface area contributed by atoms with E-state index in [1.165, 1.54) is 6.07 Å². The fourth-order valence-corrected chi connectivity index (χ4v) is 1.49. The molecule has 0 bridgehead atoms. The summed E-state index contributed by atoms with van der Waals surface area (Å²) in [7, 11) is 0. The Labute approximate surface area is 87.6 Å². The molecular formula is C12H11FN2. The van der Waals surface area contributed by atoms with Crippen molar-refractivity contribution in [2.45, 2.75) is 6.92 Å². The first-order chi connectivity index (χ1) is 7.18. The lowest BCUT2D eigenvalue weighted by Gasteiger charge is -2.05. The van der Waals surface area contributed by atoms with Crippen molar-refractivity contribution in [3.05, 3.63) is 47.9 Å². The van der Waals surface area contributed by atoms with Gasteiger partial charge in [0.2, 0.25) is 0 Å². The molecule has 0 amide bonds. The molecular weight excluding hydrogens is 191 g/mol. The van der Waals surface area contributed by atoms with Gasteiger partial charge in [-0.25, -0.2) is 9.37 Å². The van der Waals surface area contributed by atoms with Gasteiger partial charge in [0.25, 0.3) is 0 Å². The standard InChI is InChI=1S/C12H11FN2/c1-8-4-2-3-5-10(8)9-6-11(13)12(14)15-7-9/h2-7H,1H3,(H2,14,15). The molecule has 2 rings (SSSR count). The first-order valence-electron chi connectivity index (χ1n) is 4.65. The number of nitrogens with two attached hydrogens (primary N) is 1. The minimum Gasteiger partial charge on any atom is -0.381 e. The monoisotopic (exact) mass is 202 g/mol. The molecule has 0 radical (unpaired) electrons. The summed E-state index contributed by atoms with van der Waals surface area (Å²) in [5, 5.41) is 0. The summed E-state index contributed by atoms with van der Waals surface area (Å²) in [4.78, 5) is 3.80. The quantitative estimate of drug-likeness (QED) is 0.772. The minimum atomic E-state index is -0.476. The normalized spacial score (nSPS) is 10.3. The number of nitrogens with zero attached hydrogens (tertiary/aromatic N) is 1. The lowest BCUT2D eigenvalue weighted by atomic mass is 10.0. The van der Waals surface area contributed by atoms with Crippen LogP contribution in [0.1, 0.15) is 5.56 Å². The number of hydrogen-bond acceptors (Lipinski definition) is 2. The van der Waals surface area contributed by atoms with Crippen LogP contribution in [0.15, 0.2) is 36.5 Å². The summed E-state index contributed by atoms with van der Waals surface area (Å²) in [6.45, 7) is 1.98. The maximum absolute atomic E-state index is 13.2. The molecule has 1 aromatic carbocycles. The van der Waals surface area contributed by atoms with Gasteiger partial charge in [0.1, 0.15) is 0 Å². The second kappa shape index (κ2) is 3.69. The van der Waals surface area contributed by atoms with Gasteiger partial charge in [-0.3, -0.25) is 0 Å². The van der Waals surface area contributed by atoms with Gasteiger partial charge < -0.3 is 5.73 Å². The molecule has 76 valence electrons. The Morgan fingerprint density at radius 3 is 2.67 bits per heavy atom. The van der Waals surface area contributed by atoms with E-state index in [0.717, 1.165) is 16.7 Å². The van der Waals surface area contributed by atoms with Crippen molar-refractivity contribution in [3.8, 4) is 11.1 Å². The number of pyridine rings is 1. The van der Waals surface area contributed by atoms with E-state index in [1.807, 2.05) is 31.2 Å². The van der Waals surface area contributed by atoms with E-state index in [9.17, 15) is 4.39 Å². The van der Waals surface area contributed by atoms with E-state index < -0.39 is 5.82 Å². The highest BCUT2D eigenvalue weighted by atomic mass is 19.1. The number of halogens is 1. The third-order valence-electron chi connectivity index (χ3n) is 2.33. The molecule has 1 aromatic heterocycles. The summed E-state index contributed by atoms with van der Waals surface area (Å²) < 4.78 is 13.2. The maximum Gasteiger partial charge on any atom is 0.165 e. The predicted octanol–water partition coefficient (Wildman–Crippen LogP) is 2.78. The van der Waals surface area contributed by atoms with Crippen molar-refractivity contribution in [1.29, 1.82) is 0 Å². The summed E-state index contributed by atoms with van der Waals surface area (Å²) in [5.74, 6) is -0.539. The van der Waals surface area contributed by atoms with Gasteiger partial charge in [-0.1, -0.05) is 24.3 Å². The van der Waals surface area contributed by atoms with Crippen molar-refractivity contribution in [2.75, 3.05) is 5.73 Å². The Kier molecular flexibility index (Phi) is 2.37. The molecule has 0 atom stereocenters. The topological polar surface area (TPSA) is 38.9 Å². The van der Waals surface area contributed by atoms with Crippen LogP contribution < -0.4 is 5.73 Å². The van der Waals surface area contributed by atoms with E-state index in [4.69, 9.17) is 5.73 Å². The van der Waals surface area contributed by atoms with Crippen LogP contribution in [0.3, 0.4) is 0 Å². The van der Waals surface area contributed by atoms with Crippen LogP contribution in [-0.2, 0) is 0 Å². The predicted molar refractivity (Wildman–Crippen MR) is 58.8 cm³/mol. The lowest BCUT2D eigenvalue weighted by Crippen LogP contribution is -1.95. The van der Waals surface area contributed by atoms with E-state index in [1.54, 1.807) is 6.20 Å². The van der Waals surface area contributed by atoms with Crippen molar-refractivity contribution < 1.29 is 4.39 Å². The zero-order valence-corrected chi connectivity index (χ0v) is 8.37. The average Bonchev–Trinajstić information content (AvgIpc) is 2.23. The fourth-order valence-electron chi connectivity index (χ4n) is 1.49. The summed E-state index contributed by atoms with van der Waals surface area (Å²) in [6.07, 6.45) is 1.58. The number of rotatable bonds is 1.